The molecule has 316 valence electrons. The number of nitrogens with one attached hydrogen (secondary N) is 3. The quantitative estimate of drug-likeness (QED) is 0.110. The van der Waals surface area contributed by atoms with Crippen LogP contribution in [0.2, 0.25) is 0 Å². The van der Waals surface area contributed by atoms with Crippen molar-refractivity contribution >= 4 is 71.4 Å². The van der Waals surface area contributed by atoms with E-state index in [0.29, 0.717) is 48.2 Å². The molecule has 3 fully saturated rings. The highest BCUT2D eigenvalue weighted by atomic mass is 35.5. The number of carbonyl (C=O) groups excluding carboxylic acids is 4. The van der Waals surface area contributed by atoms with E-state index in [-0.39, 0.29) is 54.8 Å². The van der Waals surface area contributed by atoms with Gasteiger partial charge in [-0.1, -0.05) is 13.0 Å². The zero-order valence-electron chi connectivity index (χ0n) is 33.3. The van der Waals surface area contributed by atoms with E-state index in [1.165, 1.54) is 11.0 Å². The summed E-state index contributed by atoms with van der Waals surface area (Å²) in [6, 6.07) is 17.2. The van der Waals surface area contributed by atoms with Crippen LogP contribution in [-0.4, -0.2) is 71.3 Å². The number of thiol groups is 1. The Kier molecular flexibility index (Phi) is 14.2. The fourth-order valence-electron chi connectivity index (χ4n) is 8.02. The third kappa shape index (κ3) is 10.1. The van der Waals surface area contributed by atoms with Gasteiger partial charge in [0.25, 0.3) is 5.91 Å². The highest BCUT2D eigenvalue weighted by Crippen LogP contribution is 2.43. The van der Waals surface area contributed by atoms with E-state index in [1.54, 1.807) is 49.1 Å². The highest BCUT2D eigenvalue weighted by molar-refractivity contribution is 7.81. The molecule has 17 heteroatoms. The first-order valence-corrected chi connectivity index (χ1v) is 19.9. The van der Waals surface area contributed by atoms with Gasteiger partial charge in [0.05, 0.1) is 30.3 Å². The van der Waals surface area contributed by atoms with Crippen LogP contribution in [0, 0.1) is 17.2 Å². The number of piperidine rings is 2. The summed E-state index contributed by atoms with van der Waals surface area (Å²) in [5.41, 5.74) is -0.871. The zero-order valence-corrected chi connectivity index (χ0v) is 35.0. The molecule has 4 atom stereocenters. The second-order valence-corrected chi connectivity index (χ2v) is 16.0. The summed E-state index contributed by atoms with van der Waals surface area (Å²) < 4.78 is 47.7. The molecule has 0 bridgehead atoms. The summed E-state index contributed by atoms with van der Waals surface area (Å²) in [5, 5.41) is 17.7. The molecule has 3 aromatic rings. The molecule has 3 saturated heterocycles. The Morgan fingerprint density at radius 1 is 1.05 bits per heavy atom. The number of benzene rings is 3. The summed E-state index contributed by atoms with van der Waals surface area (Å²) in [7, 11) is 0. The first kappa shape index (κ1) is 45.1. The number of nitrogens with zero attached hydrogens (tertiary/aromatic N) is 4. The maximum Gasteiger partial charge on any atom is 0.417 e. The van der Waals surface area contributed by atoms with Gasteiger partial charge < -0.3 is 20.3 Å². The number of ether oxygens (including phenoxy) is 1. The van der Waals surface area contributed by atoms with Gasteiger partial charge in [-0.15, -0.1) is 25.0 Å². The molecule has 3 aliphatic rings. The predicted molar refractivity (Wildman–Crippen MR) is 225 cm³/mol. The summed E-state index contributed by atoms with van der Waals surface area (Å²) in [6.07, 6.45) is -0.828. The van der Waals surface area contributed by atoms with Gasteiger partial charge in [0.2, 0.25) is 17.7 Å². The molecular weight excluding hydrogens is 807 g/mol. The molecular formula is C42H49ClF3N7O5S. The van der Waals surface area contributed by atoms with Gasteiger partial charge in [0, 0.05) is 35.2 Å². The lowest BCUT2D eigenvalue weighted by atomic mass is 9.89. The molecule has 3 aliphatic heterocycles. The average Bonchev–Trinajstić information content (AvgIpc) is 3.35. The smallest absolute Gasteiger partial charge is 0.417 e. The Balaban J connectivity index is 0.00000661. The molecule has 3 aromatic carbocycles. The minimum atomic E-state index is -4.78. The Bertz CT molecular complexity index is 2110. The second-order valence-electron chi connectivity index (χ2n) is 15.6. The van der Waals surface area contributed by atoms with Gasteiger partial charge in [0.1, 0.15) is 17.3 Å². The van der Waals surface area contributed by atoms with Gasteiger partial charge in [-0.05, 0) is 125 Å². The lowest BCUT2D eigenvalue weighted by Crippen LogP contribution is -2.47. The number of nitriles is 1. The van der Waals surface area contributed by atoms with Crippen LogP contribution in [-0.2, 0) is 31.8 Å². The topological polar surface area (TPSA) is 147 Å². The molecule has 0 aliphatic carbocycles. The van der Waals surface area contributed by atoms with Crippen LogP contribution in [0.15, 0.2) is 60.7 Å². The van der Waals surface area contributed by atoms with Crippen molar-refractivity contribution in [2.45, 2.75) is 95.5 Å². The number of rotatable bonds is 12. The van der Waals surface area contributed by atoms with Gasteiger partial charge in [0.15, 0.2) is 5.50 Å². The first-order chi connectivity index (χ1) is 27.5. The highest BCUT2D eigenvalue weighted by Gasteiger charge is 2.52. The van der Waals surface area contributed by atoms with Crippen molar-refractivity contribution in [1.29, 1.82) is 5.26 Å². The fraction of sp³-hybridized carbons (Fsp3) is 0.452. The minimum Gasteiger partial charge on any atom is -0.493 e. The lowest BCUT2D eigenvalue weighted by molar-refractivity contribution is -0.138. The summed E-state index contributed by atoms with van der Waals surface area (Å²) in [4.78, 5) is 55.5. The van der Waals surface area contributed by atoms with E-state index in [2.05, 4.69) is 27.8 Å². The van der Waals surface area contributed by atoms with E-state index >= 15 is 0 Å². The van der Waals surface area contributed by atoms with Crippen molar-refractivity contribution in [3.8, 4) is 11.8 Å². The minimum absolute atomic E-state index is 0. The SMILES string of the molecule is CCc1cc(N2C(S)N(c3ccc(C#N)c(C(F)(F)F)c3)C(=O)C2(C)C)ccc1OCC[C@H]1CCN(CC(=O)Nc2cccc(NC3CCC(=O)NC3=O)c2)[C@H](C)C1.Cl. The number of hydrogen-bond donors (Lipinski definition) is 4. The molecule has 6 rings (SSSR count). The van der Waals surface area contributed by atoms with Crippen molar-refractivity contribution in [2.75, 3.05) is 40.1 Å². The van der Waals surface area contributed by atoms with Crippen LogP contribution < -0.4 is 30.5 Å². The van der Waals surface area contributed by atoms with E-state index in [1.807, 2.05) is 25.1 Å². The fourth-order valence-corrected chi connectivity index (χ4v) is 8.68. The number of carbonyl (C=O) groups is 4. The number of likely N-dealkylation sites (tertiary alicyclic amines) is 1. The first-order valence-electron chi connectivity index (χ1n) is 19.4. The maximum atomic E-state index is 13.8. The van der Waals surface area contributed by atoms with E-state index in [4.69, 9.17) is 17.4 Å². The van der Waals surface area contributed by atoms with Crippen LogP contribution in [0.3, 0.4) is 0 Å². The van der Waals surface area contributed by atoms with Gasteiger partial charge in [-0.25, -0.2) is 0 Å². The number of hydrogen-bond acceptors (Lipinski definition) is 10. The maximum absolute atomic E-state index is 13.8. The molecule has 4 amide bonds. The number of aryl methyl sites for hydroxylation is 1. The van der Waals surface area contributed by atoms with Crippen LogP contribution in [0.5, 0.6) is 5.75 Å². The predicted octanol–water partition coefficient (Wildman–Crippen LogP) is 7.13. The van der Waals surface area contributed by atoms with E-state index in [0.717, 1.165) is 43.5 Å². The summed E-state index contributed by atoms with van der Waals surface area (Å²) in [5.74, 6) is -0.0964. The molecule has 59 heavy (non-hydrogen) atoms. The number of alkyl halides is 3. The Morgan fingerprint density at radius 2 is 1.78 bits per heavy atom. The third-order valence-corrected chi connectivity index (χ3v) is 11.7. The summed E-state index contributed by atoms with van der Waals surface area (Å²) >= 11 is 4.73. The van der Waals surface area contributed by atoms with Crippen LogP contribution in [0.1, 0.15) is 76.5 Å². The van der Waals surface area contributed by atoms with Crippen molar-refractivity contribution < 1.29 is 37.1 Å². The second kappa shape index (κ2) is 18.5. The van der Waals surface area contributed by atoms with E-state index in [9.17, 15) is 37.6 Å². The van der Waals surface area contributed by atoms with E-state index < -0.39 is 40.3 Å². The molecule has 2 unspecified atom stereocenters. The number of amides is 4. The molecule has 3 N–H and O–H groups in total. The molecule has 0 aromatic heterocycles. The Morgan fingerprint density at radius 3 is 2.46 bits per heavy atom. The normalized spacial score (nSPS) is 22.0. The van der Waals surface area contributed by atoms with Gasteiger partial charge in [-0.2, -0.15) is 18.4 Å². The molecule has 0 radical (unpaired) electrons. The Hall–Kier alpha value is -4.98. The average molecular weight is 856 g/mol. The van der Waals surface area contributed by atoms with Crippen molar-refractivity contribution in [3.63, 3.8) is 0 Å². The van der Waals surface area contributed by atoms with Crippen LogP contribution >= 0.6 is 25.0 Å². The van der Waals surface area contributed by atoms with Gasteiger partial charge in [-0.3, -0.25) is 34.3 Å². The van der Waals surface area contributed by atoms with Crippen LogP contribution in [0.25, 0.3) is 0 Å². The largest absolute Gasteiger partial charge is 0.493 e. The lowest BCUT2D eigenvalue weighted by Gasteiger charge is -2.37. The number of imide groups is 1. The standard InChI is InChI=1S/C42H48F3N7O5S.ClH/c1-5-27-20-32(52-40(58)51(39(56)41(52,3)4)31-10-9-28(23-46)33(22-31)42(43,44)45)11-13-35(27)57-18-16-26-15-17-50(25(2)19-26)24-37(54)48-30-8-6-7-29(21-30)47-34-12-14-36(53)49-38(34)55;/h6-11,13,20-22,25-26,34,40,47,58H,5,12,14-19,24H2,1-4H3,(H,48,54)(H,49,53,55);1H/t25-,26-,34?,40?;/m1./s1. The number of anilines is 4. The molecule has 12 nitrogen and oxygen atoms in total. The monoisotopic (exact) mass is 855 g/mol. The van der Waals surface area contributed by atoms with Crippen molar-refractivity contribution in [2.24, 2.45) is 5.92 Å². The van der Waals surface area contributed by atoms with Gasteiger partial charge >= 0.3 is 6.18 Å². The molecule has 0 spiro atoms. The van der Waals surface area contributed by atoms with Crippen molar-refractivity contribution in [3.05, 3.63) is 77.4 Å². The van der Waals surface area contributed by atoms with Crippen LogP contribution in [0.4, 0.5) is 35.9 Å². The zero-order chi connectivity index (χ0) is 41.9. The number of halogens is 4. The molecule has 0 saturated carbocycles. The molecule has 3 heterocycles. The van der Waals surface area contributed by atoms with Crippen molar-refractivity contribution in [1.82, 2.24) is 10.2 Å². The third-order valence-electron chi connectivity index (χ3n) is 11.2. The Labute approximate surface area is 353 Å². The summed E-state index contributed by atoms with van der Waals surface area (Å²) in [6.45, 7) is 9.01.